The minimum Gasteiger partial charge on any atom is -0.444 e. The lowest BCUT2D eigenvalue weighted by atomic mass is 9.79. The molecule has 2 rings (SSSR count). The van der Waals surface area contributed by atoms with Crippen LogP contribution in [0.25, 0.3) is 0 Å². The summed E-state index contributed by atoms with van der Waals surface area (Å²) < 4.78 is 5.29. The summed E-state index contributed by atoms with van der Waals surface area (Å²) in [7, 11) is 0. The maximum Gasteiger partial charge on any atom is 0.407 e. The molecule has 0 aromatic heterocycles. The molecule has 98 valence electrons. The van der Waals surface area contributed by atoms with Crippen molar-refractivity contribution >= 4 is 6.09 Å². The van der Waals surface area contributed by atoms with E-state index in [-0.39, 0.29) is 6.09 Å². The Labute approximate surface area is 103 Å². The van der Waals surface area contributed by atoms with Gasteiger partial charge in [-0.15, -0.1) is 0 Å². The molecule has 1 amide bonds. The molecule has 2 fully saturated rings. The van der Waals surface area contributed by atoms with E-state index in [2.05, 4.69) is 10.6 Å². The third kappa shape index (κ3) is 3.60. The molecule has 4 heteroatoms. The van der Waals surface area contributed by atoms with E-state index < -0.39 is 5.60 Å². The molecule has 1 aliphatic heterocycles. The summed E-state index contributed by atoms with van der Waals surface area (Å²) in [6, 6.07) is 0.297. The molecule has 0 bridgehead atoms. The van der Waals surface area contributed by atoms with E-state index in [9.17, 15) is 4.79 Å². The minimum absolute atomic E-state index is 0.271. The first-order valence-electron chi connectivity index (χ1n) is 6.64. The van der Waals surface area contributed by atoms with Crippen LogP contribution in [0.15, 0.2) is 0 Å². The van der Waals surface area contributed by atoms with Crippen LogP contribution in [0.4, 0.5) is 4.79 Å². The molecule has 0 radical (unpaired) electrons. The fourth-order valence-electron chi connectivity index (χ4n) is 2.90. The Kier molecular flexibility index (Phi) is 3.61. The molecule has 0 aromatic carbocycles. The second-order valence-electron chi connectivity index (χ2n) is 6.33. The SMILES string of the molecule is CC(C)(C)OC(=O)N[C@@H]1CC[C@H]2CNC[C@@H]2C1. The number of carbonyl (C=O) groups is 1. The topological polar surface area (TPSA) is 50.4 Å². The second-order valence-corrected chi connectivity index (χ2v) is 6.33. The lowest BCUT2D eigenvalue weighted by Gasteiger charge is -2.32. The van der Waals surface area contributed by atoms with Gasteiger partial charge in [0.15, 0.2) is 0 Å². The van der Waals surface area contributed by atoms with Crippen LogP contribution in [0, 0.1) is 11.8 Å². The first-order chi connectivity index (χ1) is 7.94. The number of amides is 1. The Hall–Kier alpha value is -0.770. The number of fused-ring (bicyclic) bond motifs is 1. The number of hydrogen-bond donors (Lipinski definition) is 2. The fraction of sp³-hybridized carbons (Fsp3) is 0.923. The average Bonchev–Trinajstić information content (AvgIpc) is 2.61. The van der Waals surface area contributed by atoms with E-state index >= 15 is 0 Å². The van der Waals surface area contributed by atoms with Crippen LogP contribution in [0.2, 0.25) is 0 Å². The molecule has 17 heavy (non-hydrogen) atoms. The van der Waals surface area contributed by atoms with E-state index in [4.69, 9.17) is 4.74 Å². The molecule has 4 nitrogen and oxygen atoms in total. The Morgan fingerprint density at radius 3 is 2.65 bits per heavy atom. The Balaban J connectivity index is 1.78. The Morgan fingerprint density at radius 1 is 1.24 bits per heavy atom. The molecule has 3 atom stereocenters. The van der Waals surface area contributed by atoms with Crippen molar-refractivity contribution in [3.63, 3.8) is 0 Å². The maximum atomic E-state index is 11.7. The van der Waals surface area contributed by atoms with Crippen LogP contribution in [-0.4, -0.2) is 30.8 Å². The molecule has 1 aliphatic carbocycles. The predicted octanol–water partition coefficient (Wildman–Crippen LogP) is 1.90. The van der Waals surface area contributed by atoms with Crippen LogP contribution < -0.4 is 10.6 Å². The van der Waals surface area contributed by atoms with Crippen LogP contribution in [0.5, 0.6) is 0 Å². The number of carbonyl (C=O) groups excluding carboxylic acids is 1. The summed E-state index contributed by atoms with van der Waals surface area (Å²) in [5.41, 5.74) is -0.407. The first-order valence-corrected chi connectivity index (χ1v) is 6.64. The van der Waals surface area contributed by atoms with Crippen molar-refractivity contribution in [2.75, 3.05) is 13.1 Å². The zero-order chi connectivity index (χ0) is 12.5. The molecule has 0 spiro atoms. The van der Waals surface area contributed by atoms with E-state index in [1.165, 1.54) is 6.42 Å². The number of hydrogen-bond acceptors (Lipinski definition) is 3. The minimum atomic E-state index is -0.407. The lowest BCUT2D eigenvalue weighted by molar-refractivity contribution is 0.0479. The predicted molar refractivity (Wildman–Crippen MR) is 66.9 cm³/mol. The summed E-state index contributed by atoms with van der Waals surface area (Å²) in [4.78, 5) is 11.7. The van der Waals surface area contributed by atoms with Gasteiger partial charge in [-0.3, -0.25) is 0 Å². The molecular weight excluding hydrogens is 216 g/mol. The molecule has 2 N–H and O–H groups in total. The van der Waals surface area contributed by atoms with Crippen molar-refractivity contribution in [1.29, 1.82) is 0 Å². The van der Waals surface area contributed by atoms with E-state index in [0.717, 1.165) is 37.8 Å². The third-order valence-electron chi connectivity index (χ3n) is 3.67. The monoisotopic (exact) mass is 240 g/mol. The number of rotatable bonds is 1. The summed E-state index contributed by atoms with van der Waals surface area (Å²) in [6.07, 6.45) is 3.13. The van der Waals surface area contributed by atoms with Gasteiger partial charge in [-0.05, 0) is 65.0 Å². The summed E-state index contributed by atoms with van der Waals surface area (Å²) in [6.45, 7) is 7.94. The average molecular weight is 240 g/mol. The standard InChI is InChI=1S/C13H24N2O2/c1-13(2,3)17-12(16)15-11-5-4-9-7-14-8-10(9)6-11/h9-11,14H,4-8H2,1-3H3,(H,15,16)/t9-,10-,11+/m0/s1. The first kappa shape index (κ1) is 12.7. The molecule has 0 unspecified atom stereocenters. The van der Waals surface area contributed by atoms with Gasteiger partial charge in [-0.2, -0.15) is 0 Å². The van der Waals surface area contributed by atoms with Crippen molar-refractivity contribution in [2.45, 2.75) is 51.7 Å². The Bertz CT molecular complexity index is 286. The Morgan fingerprint density at radius 2 is 1.94 bits per heavy atom. The summed E-state index contributed by atoms with van der Waals surface area (Å²) in [5, 5.41) is 6.43. The van der Waals surface area contributed by atoms with Crippen molar-refractivity contribution in [2.24, 2.45) is 11.8 Å². The van der Waals surface area contributed by atoms with E-state index in [0.29, 0.717) is 6.04 Å². The quantitative estimate of drug-likeness (QED) is 0.736. The van der Waals surface area contributed by atoms with Crippen LogP contribution in [0.3, 0.4) is 0 Å². The largest absolute Gasteiger partial charge is 0.444 e. The van der Waals surface area contributed by atoms with E-state index in [1.54, 1.807) is 0 Å². The highest BCUT2D eigenvalue weighted by molar-refractivity contribution is 5.68. The van der Waals surface area contributed by atoms with Gasteiger partial charge in [-0.25, -0.2) is 4.79 Å². The summed E-state index contributed by atoms with van der Waals surface area (Å²) in [5.74, 6) is 1.57. The smallest absolute Gasteiger partial charge is 0.407 e. The zero-order valence-corrected chi connectivity index (χ0v) is 11.1. The third-order valence-corrected chi connectivity index (χ3v) is 3.67. The highest BCUT2D eigenvalue weighted by atomic mass is 16.6. The van der Waals surface area contributed by atoms with Gasteiger partial charge in [0, 0.05) is 6.04 Å². The van der Waals surface area contributed by atoms with Gasteiger partial charge < -0.3 is 15.4 Å². The van der Waals surface area contributed by atoms with Gasteiger partial charge in [0.25, 0.3) is 0 Å². The van der Waals surface area contributed by atoms with Crippen LogP contribution >= 0.6 is 0 Å². The zero-order valence-electron chi connectivity index (χ0n) is 11.1. The van der Waals surface area contributed by atoms with Gasteiger partial charge in [-0.1, -0.05) is 0 Å². The van der Waals surface area contributed by atoms with Crippen molar-refractivity contribution in [3.8, 4) is 0 Å². The fourth-order valence-corrected chi connectivity index (χ4v) is 2.90. The highest BCUT2D eigenvalue weighted by Crippen LogP contribution is 2.32. The van der Waals surface area contributed by atoms with Crippen LogP contribution in [-0.2, 0) is 4.74 Å². The van der Waals surface area contributed by atoms with Crippen molar-refractivity contribution in [3.05, 3.63) is 0 Å². The van der Waals surface area contributed by atoms with Gasteiger partial charge >= 0.3 is 6.09 Å². The van der Waals surface area contributed by atoms with Crippen LogP contribution in [0.1, 0.15) is 40.0 Å². The molecule has 1 saturated carbocycles. The van der Waals surface area contributed by atoms with Gasteiger partial charge in [0.2, 0.25) is 0 Å². The van der Waals surface area contributed by atoms with Gasteiger partial charge in [0.05, 0.1) is 0 Å². The molecule has 2 aliphatic rings. The highest BCUT2D eigenvalue weighted by Gasteiger charge is 2.34. The summed E-state index contributed by atoms with van der Waals surface area (Å²) >= 11 is 0. The second kappa shape index (κ2) is 4.84. The number of alkyl carbamates (subject to hydrolysis) is 1. The van der Waals surface area contributed by atoms with Gasteiger partial charge in [0.1, 0.15) is 5.60 Å². The normalized spacial score (nSPS) is 33.0. The number of nitrogens with one attached hydrogen (secondary N) is 2. The van der Waals surface area contributed by atoms with E-state index in [1.807, 2.05) is 20.8 Å². The van der Waals surface area contributed by atoms with Crippen molar-refractivity contribution in [1.82, 2.24) is 10.6 Å². The van der Waals surface area contributed by atoms with Crippen molar-refractivity contribution < 1.29 is 9.53 Å². The molecular formula is C13H24N2O2. The molecule has 1 heterocycles. The number of ether oxygens (including phenoxy) is 1. The lowest BCUT2D eigenvalue weighted by Crippen LogP contribution is -2.43. The maximum absolute atomic E-state index is 11.7. The molecule has 0 aromatic rings. The molecule has 1 saturated heterocycles.